The molecule has 1 fully saturated rings. The van der Waals surface area contributed by atoms with Gasteiger partial charge in [0.25, 0.3) is 0 Å². The van der Waals surface area contributed by atoms with Gasteiger partial charge in [0.2, 0.25) is 0 Å². The molecule has 15 heteroatoms. The number of carboxylic acids is 1. The maximum atomic E-state index is 12.1. The van der Waals surface area contributed by atoms with E-state index >= 15 is 0 Å². The lowest BCUT2D eigenvalue weighted by atomic mass is 9.92. The van der Waals surface area contributed by atoms with Crippen LogP contribution in [0.4, 0.5) is 0 Å². The first-order valence-electron chi connectivity index (χ1n) is 20.2. The lowest BCUT2D eigenvalue weighted by Gasteiger charge is -2.33. The molecule has 3 heterocycles. The molecule has 0 aliphatic carbocycles. The van der Waals surface area contributed by atoms with E-state index in [1.165, 1.54) is 12.4 Å². The van der Waals surface area contributed by atoms with Gasteiger partial charge >= 0.3 is 5.97 Å². The molecule has 6 aromatic rings. The van der Waals surface area contributed by atoms with Crippen LogP contribution < -0.4 is 18.9 Å². The lowest BCUT2D eigenvalue weighted by Crippen LogP contribution is -2.49. The molecule has 64 heavy (non-hydrogen) atoms. The van der Waals surface area contributed by atoms with E-state index in [0.717, 1.165) is 33.4 Å². The first-order valence-corrected chi connectivity index (χ1v) is 21.0. The number of nitriles is 2. The molecule has 0 radical (unpaired) electrons. The van der Waals surface area contributed by atoms with Crippen molar-refractivity contribution in [2.75, 3.05) is 19.8 Å². The molecule has 2 aromatic heterocycles. The van der Waals surface area contributed by atoms with Crippen molar-refractivity contribution in [3.63, 3.8) is 0 Å². The topological polar surface area (TPSA) is 180 Å². The number of aromatic nitrogens is 2. The minimum atomic E-state index is -0.980. The first-order chi connectivity index (χ1) is 31.0. The van der Waals surface area contributed by atoms with E-state index in [1.54, 1.807) is 48.8 Å². The van der Waals surface area contributed by atoms with Crippen LogP contribution in [0.15, 0.2) is 97.6 Å². The molecular weight excluding hydrogens is 857 g/mol. The van der Waals surface area contributed by atoms with E-state index in [-0.39, 0.29) is 46.2 Å². The minimum Gasteiger partial charge on any atom is -0.488 e. The molecule has 13 nitrogen and oxygen atoms in total. The third-order valence-corrected chi connectivity index (χ3v) is 11.5. The van der Waals surface area contributed by atoms with Gasteiger partial charge in [0.05, 0.1) is 41.0 Å². The summed E-state index contributed by atoms with van der Waals surface area (Å²) in [5.74, 6) is 0.630. The van der Waals surface area contributed by atoms with Crippen LogP contribution in [0, 0.1) is 36.5 Å². The smallest absolute Gasteiger partial charge is 0.323 e. The number of morpholine rings is 1. The quantitative estimate of drug-likeness (QED) is 0.0887. The Morgan fingerprint density at radius 3 is 1.72 bits per heavy atom. The van der Waals surface area contributed by atoms with Gasteiger partial charge < -0.3 is 33.9 Å². The number of carbonyl (C=O) groups is 1. The van der Waals surface area contributed by atoms with Crippen molar-refractivity contribution in [1.29, 1.82) is 10.5 Å². The number of aliphatic carboxylic acids is 1. The van der Waals surface area contributed by atoms with Gasteiger partial charge in [-0.2, -0.15) is 10.5 Å². The fourth-order valence-corrected chi connectivity index (χ4v) is 7.80. The lowest BCUT2D eigenvalue weighted by molar-refractivity contribution is -0.150. The summed E-state index contributed by atoms with van der Waals surface area (Å²) in [7, 11) is 0. The Morgan fingerprint density at radius 2 is 1.22 bits per heavy atom. The Hall–Kier alpha value is -6.71. The van der Waals surface area contributed by atoms with Crippen molar-refractivity contribution in [3.05, 3.63) is 163 Å². The van der Waals surface area contributed by atoms with Gasteiger partial charge in [-0.25, -0.2) is 0 Å². The molecule has 2 N–H and O–H groups in total. The van der Waals surface area contributed by atoms with Crippen molar-refractivity contribution in [2.45, 2.75) is 59.5 Å². The Morgan fingerprint density at radius 1 is 0.719 bits per heavy atom. The highest BCUT2D eigenvalue weighted by Crippen LogP contribution is 2.38. The van der Waals surface area contributed by atoms with Crippen molar-refractivity contribution >= 4 is 29.2 Å². The second-order valence-electron chi connectivity index (χ2n) is 15.1. The van der Waals surface area contributed by atoms with Crippen LogP contribution in [-0.2, 0) is 49.1 Å². The fourth-order valence-electron chi connectivity index (χ4n) is 7.31. The number of ether oxygens (including phenoxy) is 5. The number of hydrogen-bond donors (Lipinski definition) is 2. The van der Waals surface area contributed by atoms with Gasteiger partial charge in [-0.05, 0) is 71.5 Å². The molecule has 0 spiro atoms. The summed E-state index contributed by atoms with van der Waals surface area (Å²) in [6, 6.07) is 25.5. The number of benzene rings is 4. The summed E-state index contributed by atoms with van der Waals surface area (Å²) in [6.07, 6.45) is 6.18. The molecule has 326 valence electrons. The predicted molar refractivity (Wildman–Crippen MR) is 238 cm³/mol. The van der Waals surface area contributed by atoms with Crippen molar-refractivity contribution < 1.29 is 38.7 Å². The molecule has 0 amide bonds. The Bertz CT molecular complexity index is 2750. The van der Waals surface area contributed by atoms with E-state index in [0.29, 0.717) is 79.6 Å². The maximum Gasteiger partial charge on any atom is 0.323 e. The first kappa shape index (κ1) is 45.3. The molecule has 1 saturated heterocycles. The van der Waals surface area contributed by atoms with Crippen LogP contribution in [0.5, 0.6) is 23.0 Å². The zero-order valence-corrected chi connectivity index (χ0v) is 36.5. The zero-order valence-electron chi connectivity index (χ0n) is 35.0. The van der Waals surface area contributed by atoms with E-state index in [4.69, 9.17) is 46.9 Å². The molecule has 4 aromatic carbocycles. The third-order valence-electron chi connectivity index (χ3n) is 10.9. The number of pyridine rings is 2. The summed E-state index contributed by atoms with van der Waals surface area (Å²) in [4.78, 5) is 22.1. The molecule has 0 bridgehead atoms. The van der Waals surface area contributed by atoms with E-state index < -0.39 is 12.0 Å². The summed E-state index contributed by atoms with van der Waals surface area (Å²) in [5, 5.41) is 39.2. The Kier molecular flexibility index (Phi) is 14.9. The minimum absolute atomic E-state index is 0.0663. The number of rotatable bonds is 17. The summed E-state index contributed by atoms with van der Waals surface area (Å²) < 4.78 is 30.4. The standard InChI is InChI=1S/C49H43Cl2N5O8/c1-30-36(27-63-47-15-45(61-25-34-11-32(17-52)19-54-21-34)38(13-42(47)50)23-56-9-10-60-29-44(56)49(58)59)5-3-7-40(30)41-8-4-6-37(31(41)2)28-64-48-16-46(39(24-57)14-43(48)51)62-26-35-12-33(18-53)20-55-22-35/h3-8,11-16,19-22,44,57H,9-10,23-29H2,1-2H3,(H,58,59)/t44-/m1/s1. The van der Waals surface area contributed by atoms with Crippen molar-refractivity contribution in [2.24, 2.45) is 0 Å². The van der Waals surface area contributed by atoms with E-state index in [1.807, 2.05) is 43.0 Å². The van der Waals surface area contributed by atoms with Crippen LogP contribution >= 0.6 is 23.2 Å². The highest BCUT2D eigenvalue weighted by molar-refractivity contribution is 6.32. The van der Waals surface area contributed by atoms with Crippen molar-refractivity contribution in [1.82, 2.24) is 14.9 Å². The SMILES string of the molecule is Cc1c(COc2cc(OCc3cncc(C#N)c3)c(CO)cc2Cl)cccc1-c1cccc(COc2cc(OCc3cncc(C#N)c3)c(CN3CCOC[C@@H]3C(=O)O)cc2Cl)c1C. The van der Waals surface area contributed by atoms with Gasteiger partial charge in [-0.15, -0.1) is 0 Å². The molecule has 1 atom stereocenters. The third kappa shape index (κ3) is 10.9. The average molecular weight is 901 g/mol. The largest absolute Gasteiger partial charge is 0.488 e. The predicted octanol–water partition coefficient (Wildman–Crippen LogP) is 8.90. The number of halogens is 2. The van der Waals surface area contributed by atoms with Crippen LogP contribution in [0.2, 0.25) is 10.0 Å². The molecule has 1 aliphatic rings. The summed E-state index contributed by atoms with van der Waals surface area (Å²) in [5.41, 5.74) is 9.25. The molecule has 0 saturated carbocycles. The molecular formula is C49H43Cl2N5O8. The van der Waals surface area contributed by atoms with Gasteiger partial charge in [0, 0.05) is 72.3 Å². The van der Waals surface area contributed by atoms with Crippen LogP contribution in [0.25, 0.3) is 11.1 Å². The zero-order chi connectivity index (χ0) is 45.2. The second kappa shape index (κ2) is 21.1. The van der Waals surface area contributed by atoms with Crippen LogP contribution in [0.3, 0.4) is 0 Å². The van der Waals surface area contributed by atoms with Gasteiger partial charge in [0.15, 0.2) is 0 Å². The summed E-state index contributed by atoms with van der Waals surface area (Å²) in [6.45, 7) is 5.51. The molecule has 7 rings (SSSR count). The van der Waals surface area contributed by atoms with E-state index in [9.17, 15) is 25.5 Å². The molecule has 1 aliphatic heterocycles. The number of nitrogens with zero attached hydrogens (tertiary/aromatic N) is 5. The molecule has 0 unspecified atom stereocenters. The van der Waals surface area contributed by atoms with Crippen LogP contribution in [0.1, 0.15) is 55.6 Å². The maximum absolute atomic E-state index is 12.1. The Labute approximate surface area is 380 Å². The van der Waals surface area contributed by atoms with Gasteiger partial charge in [-0.3, -0.25) is 19.7 Å². The summed E-state index contributed by atoms with van der Waals surface area (Å²) >= 11 is 13.5. The van der Waals surface area contributed by atoms with Crippen molar-refractivity contribution in [3.8, 4) is 46.3 Å². The number of aliphatic hydroxyl groups excluding tert-OH is 1. The normalized spacial score (nSPS) is 13.7. The highest BCUT2D eigenvalue weighted by Gasteiger charge is 2.30. The monoisotopic (exact) mass is 899 g/mol. The Balaban J connectivity index is 1.08. The second-order valence-corrected chi connectivity index (χ2v) is 15.9. The number of aliphatic hydroxyl groups is 1. The highest BCUT2D eigenvalue weighted by atomic mass is 35.5. The van der Waals surface area contributed by atoms with Gasteiger partial charge in [-0.1, -0.05) is 59.6 Å². The number of hydrogen-bond acceptors (Lipinski definition) is 12. The average Bonchev–Trinajstić information content (AvgIpc) is 3.31. The number of carboxylic acid groups (broad SMARTS) is 1. The van der Waals surface area contributed by atoms with Gasteiger partial charge in [0.1, 0.15) is 67.6 Å². The van der Waals surface area contributed by atoms with E-state index in [2.05, 4.69) is 34.2 Å². The fraction of sp³-hybridized carbons (Fsp3) is 0.245. The van der Waals surface area contributed by atoms with Crippen LogP contribution in [-0.4, -0.2) is 56.9 Å².